The van der Waals surface area contributed by atoms with Gasteiger partial charge < -0.3 is 9.64 Å². The fraction of sp³-hybridized carbons (Fsp3) is 0.364. The summed E-state index contributed by atoms with van der Waals surface area (Å²) in [5.41, 5.74) is 0.887. The van der Waals surface area contributed by atoms with Crippen molar-refractivity contribution < 1.29 is 27.5 Å². The Balaban J connectivity index is 1.61. The lowest BCUT2D eigenvalue weighted by atomic mass is 10.1. The molecule has 1 heterocycles. The van der Waals surface area contributed by atoms with Gasteiger partial charge in [-0.3, -0.25) is 9.69 Å². The number of nitrogens with zero attached hydrogens (tertiary/aromatic N) is 2. The summed E-state index contributed by atoms with van der Waals surface area (Å²) in [4.78, 5) is 28.4. The highest BCUT2D eigenvalue weighted by molar-refractivity contribution is 5.97. The Labute approximate surface area is 173 Å². The molecular weight excluding hydrogens is 397 g/mol. The van der Waals surface area contributed by atoms with Crippen LogP contribution in [0.25, 0.3) is 0 Å². The molecule has 0 atom stereocenters. The molecule has 2 aromatic rings. The van der Waals surface area contributed by atoms with Gasteiger partial charge in [-0.05, 0) is 42.3 Å². The van der Waals surface area contributed by atoms with E-state index >= 15 is 0 Å². The van der Waals surface area contributed by atoms with Crippen molar-refractivity contribution in [2.45, 2.75) is 19.1 Å². The molecule has 0 bridgehead atoms. The summed E-state index contributed by atoms with van der Waals surface area (Å²) < 4.78 is 42.8. The van der Waals surface area contributed by atoms with Gasteiger partial charge in [-0.15, -0.1) is 0 Å². The van der Waals surface area contributed by atoms with E-state index in [1.807, 2.05) is 0 Å². The van der Waals surface area contributed by atoms with Crippen LogP contribution in [0.3, 0.4) is 0 Å². The summed E-state index contributed by atoms with van der Waals surface area (Å²) in [6.07, 6.45) is -3.59. The maximum atomic E-state index is 12.9. The molecule has 0 saturated carbocycles. The zero-order valence-corrected chi connectivity index (χ0v) is 16.6. The third-order valence-electron chi connectivity index (χ3n) is 5.09. The van der Waals surface area contributed by atoms with Gasteiger partial charge in [0.25, 0.3) is 5.91 Å². The van der Waals surface area contributed by atoms with Crippen LogP contribution in [0.1, 0.15) is 38.3 Å². The Morgan fingerprint density at radius 3 is 2.33 bits per heavy atom. The van der Waals surface area contributed by atoms with E-state index in [1.165, 1.54) is 25.3 Å². The SMILES string of the molecule is COC(=O)c1cccc(C(=O)N2CCCN(Cc3ccc(C(F)(F)F)cc3)CC2)c1. The lowest BCUT2D eigenvalue weighted by Gasteiger charge is -2.22. The molecule has 0 spiro atoms. The predicted molar refractivity (Wildman–Crippen MR) is 105 cm³/mol. The van der Waals surface area contributed by atoms with Crippen LogP contribution >= 0.6 is 0 Å². The van der Waals surface area contributed by atoms with Crippen molar-refractivity contribution in [2.75, 3.05) is 33.3 Å². The van der Waals surface area contributed by atoms with Gasteiger partial charge in [-0.25, -0.2) is 4.79 Å². The predicted octanol–water partition coefficient (Wildman–Crippen LogP) is 3.84. The number of ether oxygens (including phenoxy) is 1. The Morgan fingerprint density at radius 1 is 0.967 bits per heavy atom. The number of amides is 1. The van der Waals surface area contributed by atoms with E-state index in [0.717, 1.165) is 30.7 Å². The first-order chi connectivity index (χ1) is 14.3. The fourth-order valence-electron chi connectivity index (χ4n) is 3.47. The van der Waals surface area contributed by atoms with Crippen molar-refractivity contribution >= 4 is 11.9 Å². The Morgan fingerprint density at radius 2 is 1.67 bits per heavy atom. The van der Waals surface area contributed by atoms with E-state index < -0.39 is 17.7 Å². The monoisotopic (exact) mass is 420 g/mol. The van der Waals surface area contributed by atoms with Crippen LogP contribution in [0.2, 0.25) is 0 Å². The maximum absolute atomic E-state index is 12.9. The van der Waals surface area contributed by atoms with Gasteiger partial charge in [0.05, 0.1) is 18.2 Å². The van der Waals surface area contributed by atoms with E-state index in [-0.39, 0.29) is 5.91 Å². The van der Waals surface area contributed by atoms with Crippen molar-refractivity contribution in [3.63, 3.8) is 0 Å². The van der Waals surface area contributed by atoms with Gasteiger partial charge in [-0.2, -0.15) is 13.2 Å². The molecule has 1 saturated heterocycles. The van der Waals surface area contributed by atoms with Crippen LogP contribution in [0.5, 0.6) is 0 Å². The molecule has 0 radical (unpaired) electrons. The van der Waals surface area contributed by atoms with Gasteiger partial charge >= 0.3 is 12.1 Å². The van der Waals surface area contributed by atoms with E-state index in [0.29, 0.717) is 37.3 Å². The molecule has 3 rings (SSSR count). The Bertz CT molecular complexity index is 897. The lowest BCUT2D eigenvalue weighted by molar-refractivity contribution is -0.137. The first kappa shape index (κ1) is 21.8. The average Bonchev–Trinajstić information content (AvgIpc) is 2.98. The number of hydrogen-bond acceptors (Lipinski definition) is 4. The van der Waals surface area contributed by atoms with Gasteiger partial charge in [0.15, 0.2) is 0 Å². The molecule has 1 amide bonds. The number of hydrogen-bond donors (Lipinski definition) is 0. The number of halogens is 3. The number of rotatable bonds is 4. The topological polar surface area (TPSA) is 49.9 Å². The largest absolute Gasteiger partial charge is 0.465 e. The van der Waals surface area contributed by atoms with Crippen LogP contribution in [0.15, 0.2) is 48.5 Å². The highest BCUT2D eigenvalue weighted by Crippen LogP contribution is 2.29. The van der Waals surface area contributed by atoms with Crippen molar-refractivity contribution in [2.24, 2.45) is 0 Å². The number of esters is 1. The third kappa shape index (κ3) is 5.38. The first-order valence-electron chi connectivity index (χ1n) is 9.64. The molecule has 2 aromatic carbocycles. The highest BCUT2D eigenvalue weighted by Gasteiger charge is 2.30. The molecule has 0 aromatic heterocycles. The summed E-state index contributed by atoms with van der Waals surface area (Å²) in [5.74, 6) is -0.652. The van der Waals surface area contributed by atoms with E-state index in [1.54, 1.807) is 23.1 Å². The quantitative estimate of drug-likeness (QED) is 0.706. The number of carbonyl (C=O) groups excluding carboxylic acids is 2. The number of carbonyl (C=O) groups is 2. The minimum absolute atomic E-state index is 0.155. The molecule has 5 nitrogen and oxygen atoms in total. The molecule has 1 aliphatic rings. The zero-order valence-electron chi connectivity index (χ0n) is 16.6. The molecule has 30 heavy (non-hydrogen) atoms. The smallest absolute Gasteiger partial charge is 0.416 e. The molecule has 1 fully saturated rings. The van der Waals surface area contributed by atoms with Gasteiger partial charge in [0, 0.05) is 38.3 Å². The molecule has 0 N–H and O–H groups in total. The summed E-state index contributed by atoms with van der Waals surface area (Å²) in [6.45, 7) is 2.96. The second kappa shape index (κ2) is 9.30. The molecule has 160 valence electrons. The van der Waals surface area contributed by atoms with Crippen LogP contribution in [0.4, 0.5) is 13.2 Å². The number of methoxy groups -OCH3 is 1. The second-order valence-corrected chi connectivity index (χ2v) is 7.19. The molecule has 8 heteroatoms. The van der Waals surface area contributed by atoms with Crippen LogP contribution < -0.4 is 0 Å². The summed E-state index contributed by atoms with van der Waals surface area (Å²) in [5, 5.41) is 0. The van der Waals surface area contributed by atoms with E-state index in [2.05, 4.69) is 4.90 Å². The molecule has 1 aliphatic heterocycles. The van der Waals surface area contributed by atoms with Crippen molar-refractivity contribution in [1.29, 1.82) is 0 Å². The number of benzene rings is 2. The first-order valence-corrected chi connectivity index (χ1v) is 9.64. The molecular formula is C22H23F3N2O3. The molecule has 0 aliphatic carbocycles. The van der Waals surface area contributed by atoms with Crippen LogP contribution in [-0.2, 0) is 17.5 Å². The van der Waals surface area contributed by atoms with E-state index in [4.69, 9.17) is 4.74 Å². The normalized spacial score (nSPS) is 15.5. The Kier molecular flexibility index (Phi) is 6.77. The van der Waals surface area contributed by atoms with Crippen LogP contribution in [-0.4, -0.2) is 55.0 Å². The summed E-state index contributed by atoms with van der Waals surface area (Å²) in [6, 6.07) is 11.6. The van der Waals surface area contributed by atoms with E-state index in [9.17, 15) is 22.8 Å². The van der Waals surface area contributed by atoms with Gasteiger partial charge in [0.1, 0.15) is 0 Å². The van der Waals surface area contributed by atoms with Gasteiger partial charge in [-0.1, -0.05) is 18.2 Å². The van der Waals surface area contributed by atoms with Crippen LogP contribution in [0, 0.1) is 0 Å². The Hall–Kier alpha value is -2.87. The van der Waals surface area contributed by atoms with Crippen molar-refractivity contribution in [1.82, 2.24) is 9.80 Å². The maximum Gasteiger partial charge on any atom is 0.416 e. The minimum Gasteiger partial charge on any atom is -0.465 e. The highest BCUT2D eigenvalue weighted by atomic mass is 19.4. The molecule has 0 unspecified atom stereocenters. The van der Waals surface area contributed by atoms with Gasteiger partial charge in [0.2, 0.25) is 0 Å². The second-order valence-electron chi connectivity index (χ2n) is 7.19. The summed E-state index contributed by atoms with van der Waals surface area (Å²) in [7, 11) is 1.29. The average molecular weight is 420 g/mol. The standard InChI is InChI=1S/C22H23F3N2O3/c1-30-21(29)18-5-2-4-17(14-18)20(28)27-11-3-10-26(12-13-27)15-16-6-8-19(9-7-16)22(23,24)25/h2,4-9,14H,3,10-13,15H2,1H3. The third-order valence-corrected chi connectivity index (χ3v) is 5.09. The summed E-state index contributed by atoms with van der Waals surface area (Å²) >= 11 is 0. The fourth-order valence-corrected chi connectivity index (χ4v) is 3.47. The zero-order chi connectivity index (χ0) is 21.7. The minimum atomic E-state index is -4.34. The van der Waals surface area contributed by atoms with Crippen molar-refractivity contribution in [3.8, 4) is 0 Å². The lowest BCUT2D eigenvalue weighted by Crippen LogP contribution is -2.35. The van der Waals surface area contributed by atoms with Crippen molar-refractivity contribution in [3.05, 3.63) is 70.8 Å². The number of alkyl halides is 3.